The zero-order valence-electron chi connectivity index (χ0n) is 6.42. The predicted molar refractivity (Wildman–Crippen MR) is 45.4 cm³/mol. The molecule has 0 radical (unpaired) electrons. The Morgan fingerprint density at radius 2 is 2.50 bits per heavy atom. The average molecular weight is 161 g/mol. The van der Waals surface area contributed by atoms with E-state index in [4.69, 9.17) is 5.11 Å². The van der Waals surface area contributed by atoms with Gasteiger partial charge >= 0.3 is 0 Å². The molecule has 0 saturated carbocycles. The number of nitrogens with zero attached hydrogens (tertiary/aromatic N) is 1. The smallest absolute Gasteiger partial charge is 0.0521 e. The summed E-state index contributed by atoms with van der Waals surface area (Å²) in [4.78, 5) is 2.34. The van der Waals surface area contributed by atoms with Gasteiger partial charge in [-0.15, -0.1) is 0 Å². The monoisotopic (exact) mass is 161 g/mol. The first kappa shape index (κ1) is 8.37. The number of hydrogen-bond acceptors (Lipinski definition) is 3. The zero-order valence-corrected chi connectivity index (χ0v) is 7.23. The average Bonchev–Trinajstić information content (AvgIpc) is 2.31. The Balaban J connectivity index is 2.06. The molecule has 1 N–H and O–H groups in total. The fourth-order valence-corrected chi connectivity index (χ4v) is 2.32. The van der Waals surface area contributed by atoms with E-state index in [-0.39, 0.29) is 0 Å². The van der Waals surface area contributed by atoms with Crippen LogP contribution < -0.4 is 0 Å². The molecule has 1 fully saturated rings. The van der Waals surface area contributed by atoms with Gasteiger partial charge in [0.05, 0.1) is 6.61 Å². The van der Waals surface area contributed by atoms with Gasteiger partial charge in [-0.3, -0.25) is 0 Å². The molecule has 60 valence electrons. The van der Waals surface area contributed by atoms with Crippen molar-refractivity contribution in [3.63, 3.8) is 0 Å². The van der Waals surface area contributed by atoms with Crippen molar-refractivity contribution in [1.29, 1.82) is 0 Å². The van der Waals surface area contributed by atoms with Crippen LogP contribution in [0.25, 0.3) is 0 Å². The minimum atomic E-state index is 0.324. The van der Waals surface area contributed by atoms with Gasteiger partial charge in [-0.2, -0.15) is 11.8 Å². The third-order valence-corrected chi connectivity index (χ3v) is 3.07. The second kappa shape index (κ2) is 4.21. The zero-order chi connectivity index (χ0) is 7.40. The molecule has 0 aromatic rings. The third-order valence-electron chi connectivity index (χ3n) is 1.79. The first-order valence-electron chi connectivity index (χ1n) is 3.74. The van der Waals surface area contributed by atoms with Crippen molar-refractivity contribution in [3.8, 4) is 0 Å². The van der Waals surface area contributed by atoms with Crippen LogP contribution in [0.15, 0.2) is 0 Å². The molecule has 0 aliphatic carbocycles. The van der Waals surface area contributed by atoms with Crippen molar-refractivity contribution in [2.24, 2.45) is 0 Å². The first-order chi connectivity index (χ1) is 4.83. The van der Waals surface area contributed by atoms with Crippen molar-refractivity contribution < 1.29 is 5.11 Å². The van der Waals surface area contributed by atoms with E-state index in [0.717, 1.165) is 11.0 Å². The van der Waals surface area contributed by atoms with Crippen molar-refractivity contribution in [2.75, 3.05) is 32.5 Å². The summed E-state index contributed by atoms with van der Waals surface area (Å²) < 4.78 is 0. The van der Waals surface area contributed by atoms with Crippen LogP contribution in [0.4, 0.5) is 0 Å². The number of aliphatic hydroxyl groups is 1. The Bertz CT molecular complexity index is 99.6. The summed E-state index contributed by atoms with van der Waals surface area (Å²) in [5, 5.41) is 9.33. The van der Waals surface area contributed by atoms with E-state index >= 15 is 0 Å². The lowest BCUT2D eigenvalue weighted by Gasteiger charge is -2.08. The van der Waals surface area contributed by atoms with E-state index < -0.39 is 0 Å². The molecule has 3 heteroatoms. The van der Waals surface area contributed by atoms with Crippen LogP contribution in [0.2, 0.25) is 0 Å². The van der Waals surface area contributed by atoms with Crippen LogP contribution in [0.3, 0.4) is 0 Å². The lowest BCUT2D eigenvalue weighted by Crippen LogP contribution is -2.15. The fraction of sp³-hybridized carbons (Fsp3) is 1.00. The van der Waals surface area contributed by atoms with Gasteiger partial charge < -0.3 is 10.0 Å². The molecule has 1 rings (SSSR count). The van der Waals surface area contributed by atoms with E-state index in [1.807, 2.05) is 11.8 Å². The topological polar surface area (TPSA) is 23.5 Å². The molecule has 1 heterocycles. The molecular formula is C7H15NOS. The third kappa shape index (κ3) is 2.48. The molecule has 1 unspecified atom stereocenters. The first-order valence-corrected chi connectivity index (χ1v) is 4.79. The van der Waals surface area contributed by atoms with Crippen molar-refractivity contribution in [1.82, 2.24) is 4.90 Å². The maximum Gasteiger partial charge on any atom is 0.0521 e. The highest BCUT2D eigenvalue weighted by Gasteiger charge is 2.18. The fourth-order valence-electron chi connectivity index (χ4n) is 1.25. The highest BCUT2D eigenvalue weighted by Crippen LogP contribution is 2.20. The lowest BCUT2D eigenvalue weighted by atomic mass is 10.4. The minimum absolute atomic E-state index is 0.324. The van der Waals surface area contributed by atoms with Crippen molar-refractivity contribution >= 4 is 11.8 Å². The van der Waals surface area contributed by atoms with Gasteiger partial charge in [0.2, 0.25) is 0 Å². The lowest BCUT2D eigenvalue weighted by molar-refractivity contribution is 0.322. The Morgan fingerprint density at radius 3 is 3.00 bits per heavy atom. The molecular weight excluding hydrogens is 146 g/mol. The van der Waals surface area contributed by atoms with Crippen LogP contribution in [0, 0.1) is 0 Å². The molecule has 1 aliphatic heterocycles. The number of thioether (sulfide) groups is 1. The number of aliphatic hydroxyl groups excluding tert-OH is 1. The van der Waals surface area contributed by atoms with E-state index in [2.05, 4.69) is 11.9 Å². The highest BCUT2D eigenvalue weighted by atomic mass is 32.2. The normalized spacial score (nSPS) is 27.6. The van der Waals surface area contributed by atoms with Gasteiger partial charge in [0, 0.05) is 17.5 Å². The largest absolute Gasteiger partial charge is 0.396 e. The summed E-state index contributed by atoms with van der Waals surface area (Å²) in [6.45, 7) is 2.75. The highest BCUT2D eigenvalue weighted by molar-refractivity contribution is 7.99. The van der Waals surface area contributed by atoms with E-state index in [0.29, 0.717) is 6.61 Å². The second-order valence-corrected chi connectivity index (χ2v) is 4.18. The van der Waals surface area contributed by atoms with Crippen LogP contribution in [-0.4, -0.2) is 47.8 Å². The Kier molecular flexibility index (Phi) is 3.52. The second-order valence-electron chi connectivity index (χ2n) is 2.77. The molecule has 1 aliphatic rings. The number of likely N-dealkylation sites (tertiary alicyclic amines) is 1. The molecule has 2 nitrogen and oxygen atoms in total. The quantitative estimate of drug-likeness (QED) is 0.649. The van der Waals surface area contributed by atoms with E-state index in [1.165, 1.54) is 19.5 Å². The maximum atomic E-state index is 8.56. The molecule has 1 atom stereocenters. The van der Waals surface area contributed by atoms with Gasteiger partial charge in [-0.25, -0.2) is 0 Å². The summed E-state index contributed by atoms with van der Waals surface area (Å²) in [7, 11) is 2.15. The van der Waals surface area contributed by atoms with Gasteiger partial charge in [-0.05, 0) is 20.0 Å². The maximum absolute atomic E-state index is 8.56. The molecule has 0 amide bonds. The minimum Gasteiger partial charge on any atom is -0.396 e. The Labute approximate surface area is 66.6 Å². The summed E-state index contributed by atoms with van der Waals surface area (Å²) in [6, 6.07) is 0. The summed E-state index contributed by atoms with van der Waals surface area (Å²) >= 11 is 1.90. The molecule has 0 bridgehead atoms. The van der Waals surface area contributed by atoms with E-state index in [1.54, 1.807) is 0 Å². The van der Waals surface area contributed by atoms with Gasteiger partial charge in [0.15, 0.2) is 0 Å². The Hall–Kier alpha value is 0.270. The van der Waals surface area contributed by atoms with Gasteiger partial charge in [0.1, 0.15) is 0 Å². The summed E-state index contributed by atoms with van der Waals surface area (Å²) in [5.41, 5.74) is 0. The number of rotatable bonds is 3. The van der Waals surface area contributed by atoms with Crippen LogP contribution >= 0.6 is 11.8 Å². The van der Waals surface area contributed by atoms with Crippen LogP contribution in [0.1, 0.15) is 6.42 Å². The van der Waals surface area contributed by atoms with Crippen LogP contribution in [0.5, 0.6) is 0 Å². The van der Waals surface area contributed by atoms with Crippen molar-refractivity contribution in [2.45, 2.75) is 11.7 Å². The van der Waals surface area contributed by atoms with Crippen molar-refractivity contribution in [3.05, 3.63) is 0 Å². The molecule has 10 heavy (non-hydrogen) atoms. The van der Waals surface area contributed by atoms with Gasteiger partial charge in [0.25, 0.3) is 0 Å². The number of hydrogen-bond donors (Lipinski definition) is 1. The van der Waals surface area contributed by atoms with E-state index in [9.17, 15) is 0 Å². The standard InChI is InChI=1S/C7H15NOS/c1-8-3-2-7(6-8)10-5-4-9/h7,9H,2-6H2,1H3. The molecule has 1 saturated heterocycles. The predicted octanol–water partition coefficient (Wildman–Crippen LogP) is 0.416. The van der Waals surface area contributed by atoms with Crippen LogP contribution in [-0.2, 0) is 0 Å². The summed E-state index contributed by atoms with van der Waals surface area (Å²) in [6.07, 6.45) is 1.29. The SMILES string of the molecule is CN1CCC(SCCO)C1. The van der Waals surface area contributed by atoms with Gasteiger partial charge in [-0.1, -0.05) is 0 Å². The molecule has 0 spiro atoms. The molecule has 0 aromatic carbocycles. The Morgan fingerprint density at radius 1 is 1.70 bits per heavy atom. The molecule has 0 aromatic heterocycles. The summed E-state index contributed by atoms with van der Waals surface area (Å²) in [5.74, 6) is 0.901.